The summed E-state index contributed by atoms with van der Waals surface area (Å²) in [5.74, 6) is 2.49. The van der Waals surface area contributed by atoms with Crippen molar-refractivity contribution in [1.29, 1.82) is 0 Å². The van der Waals surface area contributed by atoms with Crippen LogP contribution < -0.4 is 10.6 Å². The maximum Gasteiger partial charge on any atom is 0.234 e. The third kappa shape index (κ3) is 4.49. The molecular weight excluding hydrogens is 204 g/mol. The van der Waals surface area contributed by atoms with Crippen molar-refractivity contribution < 1.29 is 9.90 Å². The summed E-state index contributed by atoms with van der Waals surface area (Å²) >= 11 is 0. The van der Waals surface area contributed by atoms with E-state index < -0.39 is 0 Å². The minimum absolute atomic E-state index is 0.108. The SMILES string of the molecule is C#CCNCC(=O)NCc1ccc(O)cc1. The predicted molar refractivity (Wildman–Crippen MR) is 61.7 cm³/mol. The molecule has 0 bridgehead atoms. The number of terminal acetylenes is 1. The molecule has 0 aliphatic rings. The van der Waals surface area contributed by atoms with E-state index in [1.54, 1.807) is 24.3 Å². The molecule has 16 heavy (non-hydrogen) atoms. The average Bonchev–Trinajstić information content (AvgIpc) is 2.29. The second kappa shape index (κ2) is 6.49. The van der Waals surface area contributed by atoms with Gasteiger partial charge in [0.15, 0.2) is 0 Å². The number of hydrogen-bond donors (Lipinski definition) is 3. The number of carbonyl (C=O) groups excluding carboxylic acids is 1. The van der Waals surface area contributed by atoms with E-state index in [4.69, 9.17) is 11.5 Å². The molecule has 1 rings (SSSR count). The van der Waals surface area contributed by atoms with Crippen LogP contribution in [0, 0.1) is 12.3 Å². The van der Waals surface area contributed by atoms with Crippen LogP contribution in [-0.4, -0.2) is 24.1 Å². The number of aromatic hydroxyl groups is 1. The Kier molecular flexibility index (Phi) is 4.90. The minimum atomic E-state index is -0.108. The molecule has 84 valence electrons. The fourth-order valence-electron chi connectivity index (χ4n) is 1.13. The van der Waals surface area contributed by atoms with Gasteiger partial charge in [-0.05, 0) is 17.7 Å². The molecule has 0 heterocycles. The zero-order chi connectivity index (χ0) is 11.8. The van der Waals surface area contributed by atoms with E-state index in [1.165, 1.54) is 0 Å². The number of amides is 1. The van der Waals surface area contributed by atoms with Crippen LogP contribution in [0.25, 0.3) is 0 Å². The van der Waals surface area contributed by atoms with Crippen LogP contribution in [-0.2, 0) is 11.3 Å². The molecule has 1 amide bonds. The fourth-order valence-corrected chi connectivity index (χ4v) is 1.13. The quantitative estimate of drug-likeness (QED) is 0.490. The van der Waals surface area contributed by atoms with Gasteiger partial charge in [0.2, 0.25) is 5.91 Å². The lowest BCUT2D eigenvalue weighted by Crippen LogP contribution is -2.33. The molecule has 1 aromatic rings. The Balaban J connectivity index is 2.26. The third-order valence-electron chi connectivity index (χ3n) is 1.94. The highest BCUT2D eigenvalue weighted by Crippen LogP contribution is 2.08. The molecule has 4 nitrogen and oxygen atoms in total. The zero-order valence-electron chi connectivity index (χ0n) is 8.86. The van der Waals surface area contributed by atoms with Crippen molar-refractivity contribution in [3.05, 3.63) is 29.8 Å². The van der Waals surface area contributed by atoms with Crippen molar-refractivity contribution in [2.24, 2.45) is 0 Å². The molecule has 0 saturated heterocycles. The summed E-state index contributed by atoms with van der Waals surface area (Å²) in [5.41, 5.74) is 0.933. The van der Waals surface area contributed by atoms with Crippen molar-refractivity contribution >= 4 is 5.91 Å². The number of phenolic OH excluding ortho intramolecular Hbond substituents is 1. The van der Waals surface area contributed by atoms with Crippen LogP contribution in [0.1, 0.15) is 5.56 Å². The summed E-state index contributed by atoms with van der Waals surface area (Å²) in [6.45, 7) is 1.03. The van der Waals surface area contributed by atoms with Gasteiger partial charge in [-0.1, -0.05) is 18.1 Å². The highest BCUT2D eigenvalue weighted by atomic mass is 16.3. The van der Waals surface area contributed by atoms with Crippen molar-refractivity contribution in [3.63, 3.8) is 0 Å². The average molecular weight is 218 g/mol. The molecule has 0 aromatic heterocycles. The molecular formula is C12H14N2O2. The summed E-state index contributed by atoms with van der Waals surface area (Å²) in [5, 5.41) is 14.6. The fraction of sp³-hybridized carbons (Fsp3) is 0.250. The zero-order valence-corrected chi connectivity index (χ0v) is 8.86. The second-order valence-corrected chi connectivity index (χ2v) is 3.25. The summed E-state index contributed by atoms with van der Waals surface area (Å²) in [4.78, 5) is 11.3. The van der Waals surface area contributed by atoms with Crippen LogP contribution in [0.2, 0.25) is 0 Å². The highest BCUT2D eigenvalue weighted by molar-refractivity contribution is 5.77. The molecule has 4 heteroatoms. The first kappa shape index (κ1) is 12.1. The number of benzene rings is 1. The number of rotatable bonds is 5. The van der Waals surface area contributed by atoms with E-state index in [0.717, 1.165) is 5.56 Å². The van der Waals surface area contributed by atoms with Gasteiger partial charge in [-0.15, -0.1) is 6.42 Å². The smallest absolute Gasteiger partial charge is 0.234 e. The van der Waals surface area contributed by atoms with E-state index in [0.29, 0.717) is 13.1 Å². The van der Waals surface area contributed by atoms with Crippen molar-refractivity contribution in [2.75, 3.05) is 13.1 Å². The van der Waals surface area contributed by atoms with Crippen LogP contribution in [0.4, 0.5) is 0 Å². The minimum Gasteiger partial charge on any atom is -0.508 e. The first-order valence-electron chi connectivity index (χ1n) is 4.91. The summed E-state index contributed by atoms with van der Waals surface area (Å²) in [6.07, 6.45) is 5.03. The Labute approximate surface area is 94.7 Å². The largest absolute Gasteiger partial charge is 0.508 e. The van der Waals surface area contributed by atoms with E-state index in [2.05, 4.69) is 16.6 Å². The lowest BCUT2D eigenvalue weighted by molar-refractivity contribution is -0.120. The molecule has 0 atom stereocenters. The van der Waals surface area contributed by atoms with Gasteiger partial charge in [0.1, 0.15) is 5.75 Å². The Bertz CT molecular complexity index is 379. The Hall–Kier alpha value is -1.99. The topological polar surface area (TPSA) is 61.4 Å². The van der Waals surface area contributed by atoms with Gasteiger partial charge in [-0.2, -0.15) is 0 Å². The highest BCUT2D eigenvalue weighted by Gasteiger charge is 1.99. The maximum atomic E-state index is 11.3. The van der Waals surface area contributed by atoms with Crippen molar-refractivity contribution in [1.82, 2.24) is 10.6 Å². The predicted octanol–water partition coefficient (Wildman–Crippen LogP) is 0.231. The normalized spacial score (nSPS) is 9.44. The van der Waals surface area contributed by atoms with E-state index >= 15 is 0 Å². The van der Waals surface area contributed by atoms with Gasteiger partial charge in [0.25, 0.3) is 0 Å². The summed E-state index contributed by atoms with van der Waals surface area (Å²) < 4.78 is 0. The lowest BCUT2D eigenvalue weighted by atomic mass is 10.2. The standard InChI is InChI=1S/C12H14N2O2/c1-2-7-13-9-12(16)14-8-10-3-5-11(15)6-4-10/h1,3-6,13,15H,7-9H2,(H,14,16). The van der Waals surface area contributed by atoms with Gasteiger partial charge >= 0.3 is 0 Å². The summed E-state index contributed by atoms with van der Waals surface area (Å²) in [6, 6.07) is 6.67. The van der Waals surface area contributed by atoms with Crippen LogP contribution in [0.5, 0.6) is 5.75 Å². The number of hydrogen-bond acceptors (Lipinski definition) is 3. The van der Waals surface area contributed by atoms with E-state index in [-0.39, 0.29) is 18.2 Å². The molecule has 0 fully saturated rings. The molecule has 0 aliphatic heterocycles. The third-order valence-corrected chi connectivity index (χ3v) is 1.94. The van der Waals surface area contributed by atoms with Gasteiger partial charge < -0.3 is 10.4 Å². The van der Waals surface area contributed by atoms with Crippen LogP contribution in [0.15, 0.2) is 24.3 Å². The number of nitrogens with one attached hydrogen (secondary N) is 2. The summed E-state index contributed by atoms with van der Waals surface area (Å²) in [7, 11) is 0. The molecule has 0 saturated carbocycles. The molecule has 0 radical (unpaired) electrons. The number of carbonyl (C=O) groups is 1. The second-order valence-electron chi connectivity index (χ2n) is 3.25. The first-order chi connectivity index (χ1) is 7.72. The van der Waals surface area contributed by atoms with Crippen molar-refractivity contribution in [2.45, 2.75) is 6.54 Å². The maximum absolute atomic E-state index is 11.3. The molecule has 0 aliphatic carbocycles. The number of phenols is 1. The van der Waals surface area contributed by atoms with Gasteiger partial charge in [-0.25, -0.2) is 0 Å². The van der Waals surface area contributed by atoms with E-state index in [9.17, 15) is 4.79 Å². The molecule has 3 N–H and O–H groups in total. The Morgan fingerprint density at radius 3 is 2.69 bits per heavy atom. The van der Waals surface area contributed by atoms with Crippen LogP contribution in [0.3, 0.4) is 0 Å². The Morgan fingerprint density at radius 2 is 2.06 bits per heavy atom. The van der Waals surface area contributed by atoms with Gasteiger partial charge in [-0.3, -0.25) is 10.1 Å². The monoisotopic (exact) mass is 218 g/mol. The van der Waals surface area contributed by atoms with Crippen molar-refractivity contribution in [3.8, 4) is 18.1 Å². The molecule has 0 unspecified atom stereocenters. The Morgan fingerprint density at radius 1 is 1.38 bits per heavy atom. The molecule has 1 aromatic carbocycles. The lowest BCUT2D eigenvalue weighted by Gasteiger charge is -2.05. The van der Waals surface area contributed by atoms with Crippen LogP contribution >= 0.6 is 0 Å². The van der Waals surface area contributed by atoms with E-state index in [1.807, 2.05) is 0 Å². The van der Waals surface area contributed by atoms with Gasteiger partial charge in [0.05, 0.1) is 13.1 Å². The van der Waals surface area contributed by atoms with Gasteiger partial charge in [0, 0.05) is 6.54 Å². The molecule has 0 spiro atoms. The first-order valence-corrected chi connectivity index (χ1v) is 4.91.